The fraction of sp³-hybridized carbons (Fsp3) is 0.0645. The summed E-state index contributed by atoms with van der Waals surface area (Å²) in [5.74, 6) is 0. The summed E-state index contributed by atoms with van der Waals surface area (Å²) in [6.07, 6.45) is 0. The van der Waals surface area contributed by atoms with Crippen LogP contribution >= 0.6 is 0 Å². The summed E-state index contributed by atoms with van der Waals surface area (Å²) in [5.41, 5.74) is 23.6. The van der Waals surface area contributed by atoms with Crippen molar-refractivity contribution in [2.24, 2.45) is 0 Å². The van der Waals surface area contributed by atoms with E-state index in [4.69, 9.17) is 0 Å². The number of nitrogens with zero attached hydrogens (tertiary/aromatic N) is 1. The fourth-order valence-electron chi connectivity index (χ4n) is 11.9. The smallest absolute Gasteiger partial charge is 0.0726 e. The van der Waals surface area contributed by atoms with E-state index >= 15 is 0 Å². The Bertz CT molecular complexity index is 3400. The highest BCUT2D eigenvalue weighted by molar-refractivity contribution is 6.08. The molecule has 0 bridgehead atoms. The zero-order chi connectivity index (χ0) is 41.9. The number of rotatable bonds is 5. The fourth-order valence-corrected chi connectivity index (χ4v) is 11.9. The Kier molecular flexibility index (Phi) is 7.64. The highest BCUT2D eigenvalue weighted by Crippen LogP contribution is 2.64. The number of hydrogen-bond acceptors (Lipinski definition) is 1. The highest BCUT2D eigenvalue weighted by atomic mass is 15.1. The third-order valence-electron chi connectivity index (χ3n) is 14.5. The second-order valence-corrected chi connectivity index (χ2v) is 17.9. The van der Waals surface area contributed by atoms with Crippen LogP contribution in [-0.2, 0) is 10.8 Å². The Balaban J connectivity index is 1.10. The summed E-state index contributed by atoms with van der Waals surface area (Å²) in [7, 11) is 0. The van der Waals surface area contributed by atoms with Gasteiger partial charge in [0, 0.05) is 22.4 Å². The zero-order valence-electron chi connectivity index (χ0n) is 35.3. The summed E-state index contributed by atoms with van der Waals surface area (Å²) in [6, 6.07) is 83.9. The molecule has 10 aromatic carbocycles. The van der Waals surface area contributed by atoms with E-state index in [-0.39, 0.29) is 5.41 Å². The third-order valence-corrected chi connectivity index (χ3v) is 14.5. The van der Waals surface area contributed by atoms with Gasteiger partial charge < -0.3 is 4.90 Å². The van der Waals surface area contributed by atoms with Gasteiger partial charge in [-0.05, 0) is 131 Å². The normalized spacial score (nSPS) is 14.1. The van der Waals surface area contributed by atoms with E-state index in [0.717, 1.165) is 11.4 Å². The number of benzene rings is 10. The van der Waals surface area contributed by atoms with Gasteiger partial charge in [0.2, 0.25) is 0 Å². The first-order valence-corrected chi connectivity index (χ1v) is 22.2. The Morgan fingerprint density at radius 2 is 0.810 bits per heavy atom. The van der Waals surface area contributed by atoms with E-state index in [2.05, 4.69) is 243 Å². The molecule has 0 unspecified atom stereocenters. The minimum atomic E-state index is -0.450. The van der Waals surface area contributed by atoms with Crippen molar-refractivity contribution in [2.75, 3.05) is 4.90 Å². The van der Waals surface area contributed by atoms with Gasteiger partial charge in [0.05, 0.1) is 11.1 Å². The lowest BCUT2D eigenvalue weighted by Gasteiger charge is -2.33. The predicted molar refractivity (Wildman–Crippen MR) is 263 cm³/mol. The first-order chi connectivity index (χ1) is 31.0. The van der Waals surface area contributed by atoms with Gasteiger partial charge in [-0.25, -0.2) is 0 Å². The quantitative estimate of drug-likeness (QED) is 0.168. The van der Waals surface area contributed by atoms with E-state index in [1.807, 2.05) is 0 Å². The van der Waals surface area contributed by atoms with Crippen LogP contribution in [0.15, 0.2) is 224 Å². The van der Waals surface area contributed by atoms with Gasteiger partial charge in [0.15, 0.2) is 0 Å². The molecule has 0 saturated carbocycles. The molecule has 0 N–H and O–H groups in total. The Morgan fingerprint density at radius 1 is 0.317 bits per heavy atom. The summed E-state index contributed by atoms with van der Waals surface area (Å²) in [6.45, 7) is 4.83. The van der Waals surface area contributed by atoms with Crippen molar-refractivity contribution >= 4 is 27.8 Å². The topological polar surface area (TPSA) is 3.24 Å². The minimum absolute atomic E-state index is 0.237. The molecule has 1 heteroatoms. The minimum Gasteiger partial charge on any atom is -0.310 e. The lowest BCUT2D eigenvalue weighted by atomic mass is 9.70. The van der Waals surface area contributed by atoms with Gasteiger partial charge in [-0.2, -0.15) is 0 Å². The molecule has 63 heavy (non-hydrogen) atoms. The first-order valence-electron chi connectivity index (χ1n) is 22.2. The van der Waals surface area contributed by atoms with Crippen molar-refractivity contribution < 1.29 is 0 Å². The molecular formula is C62H43N. The molecule has 13 rings (SSSR count). The zero-order valence-corrected chi connectivity index (χ0v) is 35.3. The molecular weight excluding hydrogens is 759 g/mol. The predicted octanol–water partition coefficient (Wildman–Crippen LogP) is 16.3. The molecule has 10 aromatic rings. The van der Waals surface area contributed by atoms with E-state index < -0.39 is 5.41 Å². The van der Waals surface area contributed by atoms with Crippen molar-refractivity contribution in [3.63, 3.8) is 0 Å². The Morgan fingerprint density at radius 3 is 1.44 bits per heavy atom. The van der Waals surface area contributed by atoms with Crippen LogP contribution in [-0.4, -0.2) is 0 Å². The number of hydrogen-bond donors (Lipinski definition) is 0. The second-order valence-electron chi connectivity index (χ2n) is 17.9. The van der Waals surface area contributed by atoms with E-state index in [1.54, 1.807) is 0 Å². The summed E-state index contributed by atoms with van der Waals surface area (Å²) < 4.78 is 0. The van der Waals surface area contributed by atoms with Crippen LogP contribution in [0.2, 0.25) is 0 Å². The van der Waals surface area contributed by atoms with Crippen molar-refractivity contribution in [1.29, 1.82) is 0 Å². The Hall–Kier alpha value is -7.74. The maximum atomic E-state index is 2.54. The number of anilines is 3. The van der Waals surface area contributed by atoms with Gasteiger partial charge in [0.1, 0.15) is 0 Å². The van der Waals surface area contributed by atoms with Crippen molar-refractivity contribution in [3.8, 4) is 55.6 Å². The highest BCUT2D eigenvalue weighted by Gasteiger charge is 2.52. The van der Waals surface area contributed by atoms with Gasteiger partial charge in [-0.1, -0.05) is 202 Å². The van der Waals surface area contributed by atoms with Crippen LogP contribution < -0.4 is 4.90 Å². The van der Waals surface area contributed by atoms with Crippen molar-refractivity contribution in [3.05, 3.63) is 258 Å². The lowest BCUT2D eigenvalue weighted by Crippen LogP contribution is -2.26. The lowest BCUT2D eigenvalue weighted by molar-refractivity contribution is 0.666. The molecule has 3 aliphatic rings. The molecule has 0 aromatic heterocycles. The molecule has 0 heterocycles. The Labute approximate surface area is 369 Å². The van der Waals surface area contributed by atoms with Crippen LogP contribution in [0, 0.1) is 0 Å². The second kappa shape index (κ2) is 13.4. The van der Waals surface area contributed by atoms with Gasteiger partial charge >= 0.3 is 0 Å². The van der Waals surface area contributed by atoms with Gasteiger partial charge in [0.25, 0.3) is 0 Å². The molecule has 1 nitrogen and oxygen atoms in total. The molecule has 0 amide bonds. The molecule has 0 aliphatic heterocycles. The third kappa shape index (κ3) is 4.94. The van der Waals surface area contributed by atoms with E-state index in [1.165, 1.54) is 105 Å². The molecule has 1 spiro atoms. The van der Waals surface area contributed by atoms with Crippen LogP contribution in [0.4, 0.5) is 17.1 Å². The van der Waals surface area contributed by atoms with Crippen LogP contribution in [0.25, 0.3) is 66.4 Å². The largest absolute Gasteiger partial charge is 0.310 e. The average Bonchev–Trinajstić information content (AvgIpc) is 3.90. The molecule has 3 aliphatic carbocycles. The standard InChI is InChI=1S/C62H43N/c1-61(2)56-30-17-31-58(59(56)52-39-51(42-20-7-4-8-21-42)45-22-9-10-26-50(45)60(52)61)63(43-34-32-41(33-35-43)40-18-5-3-6-19-40)44-36-37-49-48-25-13-16-29-55(48)62(57(49)38-44)53-27-14-11-23-46(53)47-24-12-15-28-54(47)62/h3-39H,1-2H3. The van der Waals surface area contributed by atoms with Gasteiger partial charge in [-0.3, -0.25) is 0 Å². The van der Waals surface area contributed by atoms with Gasteiger partial charge in [-0.15, -0.1) is 0 Å². The average molecular weight is 802 g/mol. The maximum Gasteiger partial charge on any atom is 0.0726 e. The molecule has 0 fully saturated rings. The molecule has 0 saturated heterocycles. The summed E-state index contributed by atoms with van der Waals surface area (Å²) in [5, 5.41) is 2.61. The summed E-state index contributed by atoms with van der Waals surface area (Å²) >= 11 is 0. The SMILES string of the molecule is CC1(C)c2cccc(N(c3ccc(-c4ccccc4)cc3)c3ccc4c(c3)C3(c5ccccc5-c5ccccc53)c3ccccc3-4)c2-c2cc(-c3ccccc3)c3ccccc3c21. The van der Waals surface area contributed by atoms with E-state index in [0.29, 0.717) is 0 Å². The molecule has 0 radical (unpaired) electrons. The van der Waals surface area contributed by atoms with Crippen LogP contribution in [0.1, 0.15) is 47.2 Å². The summed E-state index contributed by atoms with van der Waals surface area (Å²) in [4.78, 5) is 2.54. The van der Waals surface area contributed by atoms with Crippen molar-refractivity contribution in [1.82, 2.24) is 0 Å². The van der Waals surface area contributed by atoms with Crippen LogP contribution in [0.5, 0.6) is 0 Å². The molecule has 296 valence electrons. The maximum absolute atomic E-state index is 2.54. The van der Waals surface area contributed by atoms with Crippen molar-refractivity contribution in [2.45, 2.75) is 24.7 Å². The number of fused-ring (bicyclic) bond motifs is 15. The monoisotopic (exact) mass is 801 g/mol. The van der Waals surface area contributed by atoms with Crippen LogP contribution in [0.3, 0.4) is 0 Å². The molecule has 0 atom stereocenters. The van der Waals surface area contributed by atoms with E-state index in [9.17, 15) is 0 Å². The first kappa shape index (κ1) is 36.0.